The molecule has 0 radical (unpaired) electrons. The van der Waals surface area contributed by atoms with Gasteiger partial charge in [-0.15, -0.1) is 0 Å². The van der Waals surface area contributed by atoms with Crippen LogP contribution < -0.4 is 10.6 Å². The molecule has 0 aliphatic carbocycles. The van der Waals surface area contributed by atoms with Crippen molar-refractivity contribution in [3.8, 4) is 11.3 Å². The summed E-state index contributed by atoms with van der Waals surface area (Å²) in [6, 6.07) is 7.34. The Morgan fingerprint density at radius 1 is 1.14 bits per heavy atom. The van der Waals surface area contributed by atoms with Crippen molar-refractivity contribution in [3.63, 3.8) is 0 Å². The first kappa shape index (κ1) is 18.7. The number of amides is 2. The van der Waals surface area contributed by atoms with E-state index >= 15 is 0 Å². The minimum absolute atomic E-state index is 0.00618. The van der Waals surface area contributed by atoms with Gasteiger partial charge in [0.25, 0.3) is 5.91 Å². The Morgan fingerprint density at radius 3 is 2.50 bits per heavy atom. The third-order valence-electron chi connectivity index (χ3n) is 5.82. The molecule has 2 aromatic rings. The van der Waals surface area contributed by atoms with E-state index in [1.165, 1.54) is 6.39 Å². The highest BCUT2D eigenvalue weighted by Gasteiger charge is 2.44. The highest BCUT2D eigenvalue weighted by atomic mass is 16.3. The lowest BCUT2D eigenvalue weighted by Gasteiger charge is -2.40. The van der Waals surface area contributed by atoms with Crippen molar-refractivity contribution in [3.05, 3.63) is 42.4 Å². The van der Waals surface area contributed by atoms with E-state index in [1.54, 1.807) is 6.20 Å². The van der Waals surface area contributed by atoms with Crippen LogP contribution in [0.2, 0.25) is 0 Å². The predicted octanol–water partition coefficient (Wildman–Crippen LogP) is 2.06. The Bertz CT molecular complexity index is 850. The summed E-state index contributed by atoms with van der Waals surface area (Å²) in [6.45, 7) is 6.84. The van der Waals surface area contributed by atoms with Gasteiger partial charge >= 0.3 is 0 Å². The van der Waals surface area contributed by atoms with E-state index in [9.17, 15) is 9.59 Å². The van der Waals surface area contributed by atoms with E-state index in [1.807, 2.05) is 29.2 Å². The number of rotatable bonds is 2. The van der Waals surface area contributed by atoms with E-state index in [-0.39, 0.29) is 17.2 Å². The van der Waals surface area contributed by atoms with Gasteiger partial charge in [-0.3, -0.25) is 9.59 Å². The smallest absolute Gasteiger partial charge is 0.253 e. The monoisotopic (exact) mass is 382 g/mol. The SMILES string of the molecule is CC1(C)CNC(=O)C2(CCN(C(=O)c3ccc(-c4cnco4)cc3)CC2)NC1. The molecular formula is C21H26N4O3. The molecule has 1 spiro atoms. The number of nitrogens with one attached hydrogen (secondary N) is 2. The molecule has 0 unspecified atom stereocenters. The maximum atomic E-state index is 12.9. The zero-order chi connectivity index (χ0) is 19.8. The number of likely N-dealkylation sites (tertiary alicyclic amines) is 1. The van der Waals surface area contributed by atoms with Gasteiger partial charge in [-0.25, -0.2) is 4.98 Å². The summed E-state index contributed by atoms with van der Waals surface area (Å²) in [4.78, 5) is 31.3. The number of nitrogens with zero attached hydrogens (tertiary/aromatic N) is 2. The van der Waals surface area contributed by atoms with Crippen LogP contribution in [-0.2, 0) is 4.79 Å². The van der Waals surface area contributed by atoms with E-state index in [4.69, 9.17) is 4.42 Å². The summed E-state index contributed by atoms with van der Waals surface area (Å²) in [5.41, 5.74) is 0.977. The number of hydrogen-bond acceptors (Lipinski definition) is 5. The fraction of sp³-hybridized carbons (Fsp3) is 0.476. The van der Waals surface area contributed by atoms with Crippen LogP contribution in [0.3, 0.4) is 0 Å². The molecule has 2 saturated heterocycles. The number of aromatic nitrogens is 1. The molecule has 0 atom stereocenters. The van der Waals surface area contributed by atoms with Crippen LogP contribution in [0, 0.1) is 5.41 Å². The zero-order valence-corrected chi connectivity index (χ0v) is 16.3. The van der Waals surface area contributed by atoms with Gasteiger partial charge in [0.05, 0.1) is 6.20 Å². The van der Waals surface area contributed by atoms with Gasteiger partial charge in [0.15, 0.2) is 12.2 Å². The first-order valence-electron chi connectivity index (χ1n) is 9.70. The van der Waals surface area contributed by atoms with Crippen molar-refractivity contribution in [1.29, 1.82) is 0 Å². The average molecular weight is 382 g/mol. The number of carbonyl (C=O) groups excluding carboxylic acids is 2. The van der Waals surface area contributed by atoms with E-state index in [0.717, 1.165) is 12.1 Å². The topological polar surface area (TPSA) is 87.5 Å². The van der Waals surface area contributed by atoms with Crippen molar-refractivity contribution in [2.75, 3.05) is 26.2 Å². The second kappa shape index (κ2) is 7.05. The molecule has 3 heterocycles. The lowest BCUT2D eigenvalue weighted by Crippen LogP contribution is -2.61. The third kappa shape index (κ3) is 3.54. The quantitative estimate of drug-likeness (QED) is 0.830. The van der Waals surface area contributed by atoms with E-state index in [0.29, 0.717) is 43.8 Å². The molecular weight excluding hydrogens is 356 g/mol. The molecule has 2 amide bonds. The molecule has 7 heteroatoms. The van der Waals surface area contributed by atoms with E-state index in [2.05, 4.69) is 29.5 Å². The second-order valence-corrected chi connectivity index (χ2v) is 8.52. The van der Waals surface area contributed by atoms with Gasteiger partial charge in [-0.05, 0) is 30.4 Å². The number of hydrogen-bond donors (Lipinski definition) is 2. The minimum Gasteiger partial charge on any atom is -0.444 e. The fourth-order valence-electron chi connectivity index (χ4n) is 3.85. The summed E-state index contributed by atoms with van der Waals surface area (Å²) in [5, 5.41) is 6.56. The maximum absolute atomic E-state index is 12.9. The molecule has 2 fully saturated rings. The molecule has 0 saturated carbocycles. The lowest BCUT2D eigenvalue weighted by molar-refractivity contribution is -0.128. The average Bonchev–Trinajstić information content (AvgIpc) is 3.22. The molecule has 1 aromatic heterocycles. The standard InChI is InChI=1S/C21H26N4O3/c1-20(2)12-23-19(27)21(24-13-20)7-9-25(10-8-21)18(26)16-5-3-15(4-6-16)17-11-22-14-28-17/h3-6,11,14,24H,7-10,12-13H2,1-2H3,(H,23,27). The number of benzene rings is 1. The van der Waals surface area contributed by atoms with Crippen molar-refractivity contribution < 1.29 is 14.0 Å². The minimum atomic E-state index is -0.569. The summed E-state index contributed by atoms with van der Waals surface area (Å²) in [6.07, 6.45) is 4.28. The highest BCUT2D eigenvalue weighted by molar-refractivity contribution is 5.95. The molecule has 2 aliphatic rings. The van der Waals surface area contributed by atoms with Gasteiger partial charge in [0, 0.05) is 37.3 Å². The summed E-state index contributed by atoms with van der Waals surface area (Å²) in [7, 11) is 0. The first-order chi connectivity index (χ1) is 13.4. The van der Waals surface area contributed by atoms with Gasteiger partial charge in [-0.2, -0.15) is 0 Å². The van der Waals surface area contributed by atoms with Crippen molar-refractivity contribution in [2.24, 2.45) is 5.41 Å². The highest BCUT2D eigenvalue weighted by Crippen LogP contribution is 2.28. The fourth-order valence-corrected chi connectivity index (χ4v) is 3.85. The van der Waals surface area contributed by atoms with E-state index < -0.39 is 5.54 Å². The molecule has 7 nitrogen and oxygen atoms in total. The van der Waals surface area contributed by atoms with Crippen LogP contribution in [0.4, 0.5) is 0 Å². The summed E-state index contributed by atoms with van der Waals surface area (Å²) >= 11 is 0. The zero-order valence-electron chi connectivity index (χ0n) is 16.3. The Morgan fingerprint density at radius 2 is 1.86 bits per heavy atom. The van der Waals surface area contributed by atoms with Crippen LogP contribution >= 0.6 is 0 Å². The lowest BCUT2D eigenvalue weighted by atomic mass is 9.85. The number of carbonyl (C=O) groups is 2. The predicted molar refractivity (Wildman–Crippen MR) is 105 cm³/mol. The maximum Gasteiger partial charge on any atom is 0.253 e. The summed E-state index contributed by atoms with van der Waals surface area (Å²) in [5.74, 6) is 0.724. The molecule has 1 aromatic carbocycles. The first-order valence-corrected chi connectivity index (χ1v) is 9.70. The van der Waals surface area contributed by atoms with Gasteiger partial charge in [0.1, 0.15) is 5.54 Å². The van der Waals surface area contributed by atoms with Gasteiger partial charge < -0.3 is 20.0 Å². The van der Waals surface area contributed by atoms with Crippen LogP contribution in [0.5, 0.6) is 0 Å². The molecule has 0 bridgehead atoms. The van der Waals surface area contributed by atoms with Crippen LogP contribution in [0.1, 0.15) is 37.0 Å². The number of piperidine rings is 1. The molecule has 148 valence electrons. The Labute approximate surface area is 164 Å². The molecule has 4 rings (SSSR count). The Kier molecular flexibility index (Phi) is 4.71. The molecule has 2 aliphatic heterocycles. The Balaban J connectivity index is 1.42. The molecule has 2 N–H and O–H groups in total. The normalized spacial score (nSPS) is 21.2. The second-order valence-electron chi connectivity index (χ2n) is 8.52. The van der Waals surface area contributed by atoms with Gasteiger partial charge in [0.2, 0.25) is 5.91 Å². The largest absolute Gasteiger partial charge is 0.444 e. The third-order valence-corrected chi connectivity index (χ3v) is 5.82. The summed E-state index contributed by atoms with van der Waals surface area (Å²) < 4.78 is 5.28. The van der Waals surface area contributed by atoms with Crippen molar-refractivity contribution in [2.45, 2.75) is 32.2 Å². The van der Waals surface area contributed by atoms with Gasteiger partial charge in [-0.1, -0.05) is 26.0 Å². The Hall–Kier alpha value is -2.67. The van der Waals surface area contributed by atoms with Crippen molar-refractivity contribution in [1.82, 2.24) is 20.5 Å². The van der Waals surface area contributed by atoms with Crippen LogP contribution in [-0.4, -0.2) is 53.4 Å². The van der Waals surface area contributed by atoms with Crippen molar-refractivity contribution >= 4 is 11.8 Å². The number of oxazole rings is 1. The van der Waals surface area contributed by atoms with Crippen LogP contribution in [0.15, 0.2) is 41.3 Å². The van der Waals surface area contributed by atoms with Crippen LogP contribution in [0.25, 0.3) is 11.3 Å². The molecule has 28 heavy (non-hydrogen) atoms.